The zero-order valence-electron chi connectivity index (χ0n) is 4.90. The summed E-state index contributed by atoms with van der Waals surface area (Å²) in [6, 6.07) is 0. The van der Waals surface area contributed by atoms with E-state index in [1.807, 2.05) is 0 Å². The molecule has 0 bridgehead atoms. The molecule has 0 aliphatic carbocycles. The van der Waals surface area contributed by atoms with Gasteiger partial charge in [0.25, 0.3) is 0 Å². The van der Waals surface area contributed by atoms with Crippen molar-refractivity contribution < 1.29 is 73.6 Å². The third-order valence-electron chi connectivity index (χ3n) is 0.319. The molecule has 1 N–H and O–H groups in total. The Morgan fingerprint density at radius 2 is 2.00 bits per heavy atom. The summed E-state index contributed by atoms with van der Waals surface area (Å²) in [5.74, 6) is 0. The minimum absolute atomic E-state index is 0. The first-order chi connectivity index (χ1) is 3.56. The topological polar surface area (TPSA) is 86.7 Å². The molecule has 0 saturated heterocycles. The van der Waals surface area contributed by atoms with Crippen molar-refractivity contribution in [3.8, 4) is 0 Å². The van der Waals surface area contributed by atoms with Crippen molar-refractivity contribution in [2.75, 3.05) is 13.2 Å². The number of hydrogen-bond acceptors (Lipinski definition) is 5. The standard InChI is InChI=1S/C2H6O5S.K/c3-1-2-7-8(4,5)6;/h3H,1-2H2,(H,4,5,6);/q;+1/p-1. The van der Waals surface area contributed by atoms with Gasteiger partial charge >= 0.3 is 51.4 Å². The molecule has 7 heteroatoms. The predicted molar refractivity (Wildman–Crippen MR) is 22.7 cm³/mol. The van der Waals surface area contributed by atoms with E-state index in [4.69, 9.17) is 5.11 Å². The second kappa shape index (κ2) is 6.19. The van der Waals surface area contributed by atoms with E-state index >= 15 is 0 Å². The van der Waals surface area contributed by atoms with Gasteiger partial charge in [0, 0.05) is 0 Å². The van der Waals surface area contributed by atoms with Crippen molar-refractivity contribution in [3.63, 3.8) is 0 Å². The van der Waals surface area contributed by atoms with Crippen LogP contribution in [0.1, 0.15) is 0 Å². The van der Waals surface area contributed by atoms with Crippen LogP contribution in [0.2, 0.25) is 0 Å². The van der Waals surface area contributed by atoms with Crippen molar-refractivity contribution in [2.24, 2.45) is 0 Å². The van der Waals surface area contributed by atoms with Crippen LogP contribution in [0.15, 0.2) is 0 Å². The monoisotopic (exact) mass is 180 g/mol. The van der Waals surface area contributed by atoms with Gasteiger partial charge in [-0.05, 0) is 0 Å². The summed E-state index contributed by atoms with van der Waals surface area (Å²) >= 11 is 0. The molecule has 0 spiro atoms. The molecule has 0 unspecified atom stereocenters. The molecule has 0 radical (unpaired) electrons. The molecule has 0 aromatic heterocycles. The molecule has 0 aliphatic rings. The average Bonchev–Trinajstić information content (AvgIpc) is 1.59. The van der Waals surface area contributed by atoms with Gasteiger partial charge < -0.3 is 9.66 Å². The Balaban J connectivity index is 0. The van der Waals surface area contributed by atoms with Crippen LogP contribution < -0.4 is 51.4 Å². The summed E-state index contributed by atoms with van der Waals surface area (Å²) in [6.07, 6.45) is 0. The molecule has 0 heterocycles. The molecule has 0 atom stereocenters. The zero-order chi connectivity index (χ0) is 6.62. The molecular formula is C2H5KO5S. The summed E-state index contributed by atoms with van der Waals surface area (Å²) < 4.78 is 32.0. The zero-order valence-corrected chi connectivity index (χ0v) is 8.84. The van der Waals surface area contributed by atoms with E-state index in [9.17, 15) is 13.0 Å². The fourth-order valence-corrected chi connectivity index (χ4v) is 0.418. The van der Waals surface area contributed by atoms with Gasteiger partial charge in [-0.15, -0.1) is 0 Å². The first-order valence-electron chi connectivity index (χ1n) is 1.77. The maximum absolute atomic E-state index is 9.50. The summed E-state index contributed by atoms with van der Waals surface area (Å²) in [5.41, 5.74) is 0. The molecule has 9 heavy (non-hydrogen) atoms. The SMILES string of the molecule is O=S(=O)([O-])OCCO.[K+]. The molecular weight excluding hydrogens is 175 g/mol. The van der Waals surface area contributed by atoms with Gasteiger partial charge in [0.1, 0.15) is 0 Å². The predicted octanol–water partition coefficient (Wildman–Crippen LogP) is -4.54. The first-order valence-corrected chi connectivity index (χ1v) is 3.10. The molecule has 0 rings (SSSR count). The quantitative estimate of drug-likeness (QED) is 0.268. The van der Waals surface area contributed by atoms with Gasteiger partial charge in [-0.3, -0.25) is 4.18 Å². The summed E-state index contributed by atoms with van der Waals surface area (Å²) in [5, 5.41) is 7.90. The Morgan fingerprint density at radius 1 is 1.56 bits per heavy atom. The minimum Gasteiger partial charge on any atom is -0.726 e. The molecule has 0 saturated carbocycles. The van der Waals surface area contributed by atoms with Gasteiger partial charge in [0.15, 0.2) is 0 Å². The van der Waals surface area contributed by atoms with Crippen molar-refractivity contribution in [2.45, 2.75) is 0 Å². The van der Waals surface area contributed by atoms with Crippen molar-refractivity contribution in [3.05, 3.63) is 0 Å². The van der Waals surface area contributed by atoms with Crippen LogP contribution in [0.5, 0.6) is 0 Å². The Labute approximate surface area is 95.8 Å². The van der Waals surface area contributed by atoms with Gasteiger partial charge in [-0.1, -0.05) is 0 Å². The van der Waals surface area contributed by atoms with E-state index in [1.165, 1.54) is 0 Å². The van der Waals surface area contributed by atoms with E-state index in [2.05, 4.69) is 4.18 Å². The molecule has 0 fully saturated rings. The first kappa shape index (κ1) is 13.1. The van der Waals surface area contributed by atoms with E-state index in [0.29, 0.717) is 0 Å². The average molecular weight is 180 g/mol. The molecule has 0 aromatic carbocycles. The van der Waals surface area contributed by atoms with Crippen LogP contribution in [0.3, 0.4) is 0 Å². The third-order valence-corrected chi connectivity index (χ3v) is 0.774. The van der Waals surface area contributed by atoms with E-state index in [1.54, 1.807) is 0 Å². The Morgan fingerprint density at radius 3 is 2.11 bits per heavy atom. The van der Waals surface area contributed by atoms with Crippen LogP contribution in [-0.4, -0.2) is 31.3 Å². The third kappa shape index (κ3) is 12.6. The minimum atomic E-state index is -4.60. The van der Waals surface area contributed by atoms with E-state index in [-0.39, 0.29) is 51.4 Å². The Bertz CT molecular complexity index is 139. The van der Waals surface area contributed by atoms with Crippen molar-refractivity contribution >= 4 is 10.4 Å². The number of aliphatic hydroxyl groups excluding tert-OH is 1. The molecule has 50 valence electrons. The molecule has 0 aromatic rings. The second-order valence-corrected chi connectivity index (χ2v) is 2.01. The number of hydrogen-bond donors (Lipinski definition) is 1. The molecule has 0 amide bonds. The Hall–Kier alpha value is 1.47. The maximum Gasteiger partial charge on any atom is 1.00 e. The van der Waals surface area contributed by atoms with Crippen LogP contribution >= 0.6 is 0 Å². The number of aliphatic hydroxyl groups is 1. The molecule has 0 aliphatic heterocycles. The second-order valence-electron chi connectivity index (χ2n) is 0.954. The van der Waals surface area contributed by atoms with Crippen molar-refractivity contribution in [1.29, 1.82) is 0 Å². The molecule has 5 nitrogen and oxygen atoms in total. The fourth-order valence-electron chi connectivity index (χ4n) is 0.139. The van der Waals surface area contributed by atoms with E-state index in [0.717, 1.165) is 0 Å². The van der Waals surface area contributed by atoms with E-state index < -0.39 is 23.6 Å². The number of rotatable bonds is 3. The summed E-state index contributed by atoms with van der Waals surface area (Å²) in [6.45, 7) is -0.937. The van der Waals surface area contributed by atoms with Crippen LogP contribution in [-0.2, 0) is 14.6 Å². The van der Waals surface area contributed by atoms with Gasteiger partial charge in [-0.25, -0.2) is 8.42 Å². The largest absolute Gasteiger partial charge is 1.00 e. The summed E-state index contributed by atoms with van der Waals surface area (Å²) in [7, 11) is -4.60. The van der Waals surface area contributed by atoms with Crippen LogP contribution in [0.25, 0.3) is 0 Å². The van der Waals surface area contributed by atoms with Gasteiger partial charge in [-0.2, -0.15) is 0 Å². The normalized spacial score (nSPS) is 10.4. The smallest absolute Gasteiger partial charge is 0.726 e. The van der Waals surface area contributed by atoms with Gasteiger partial charge in [0.05, 0.1) is 13.2 Å². The maximum atomic E-state index is 9.50. The van der Waals surface area contributed by atoms with Gasteiger partial charge in [0.2, 0.25) is 10.4 Å². The fraction of sp³-hybridized carbons (Fsp3) is 1.00. The van der Waals surface area contributed by atoms with Crippen LogP contribution in [0, 0.1) is 0 Å². The van der Waals surface area contributed by atoms with Crippen LogP contribution in [0.4, 0.5) is 0 Å². The Kier molecular flexibility index (Phi) is 9.01. The summed E-state index contributed by atoms with van der Waals surface area (Å²) in [4.78, 5) is 0. The van der Waals surface area contributed by atoms with Crippen molar-refractivity contribution in [1.82, 2.24) is 0 Å².